The fourth-order valence-electron chi connectivity index (χ4n) is 7.35. The van der Waals surface area contributed by atoms with Crippen LogP contribution in [-0.2, 0) is 17.6 Å². The summed E-state index contributed by atoms with van der Waals surface area (Å²) < 4.78 is 11.8. The molecule has 0 unspecified atom stereocenters. The van der Waals surface area contributed by atoms with Gasteiger partial charge in [-0.25, -0.2) is 9.59 Å². The number of ether oxygens (including phenoxy) is 1. The number of aromatic carboxylic acids is 1. The Morgan fingerprint density at radius 1 is 0.758 bits per heavy atom. The van der Waals surface area contributed by atoms with Crippen molar-refractivity contribution in [1.82, 2.24) is 10.6 Å². The van der Waals surface area contributed by atoms with Crippen LogP contribution in [0, 0.1) is 0 Å². The highest BCUT2D eigenvalue weighted by Crippen LogP contribution is 2.42. The average Bonchev–Trinajstić information content (AvgIpc) is 3.27. The molecule has 1 aliphatic carbocycles. The minimum absolute atomic E-state index is 0.0385. The van der Waals surface area contributed by atoms with E-state index in [2.05, 4.69) is 16.0 Å². The third kappa shape index (κ3) is 10.4. The third-order valence-electron chi connectivity index (χ3n) is 10.5. The van der Waals surface area contributed by atoms with Crippen molar-refractivity contribution in [3.8, 4) is 33.9 Å². The summed E-state index contributed by atoms with van der Waals surface area (Å²) in [6.45, 7) is 2.10. The average molecular weight is 951 g/mol. The Balaban J connectivity index is 0.970. The fourth-order valence-corrected chi connectivity index (χ4v) is 8.23. The molecule has 66 heavy (non-hydrogen) atoms. The largest absolute Gasteiger partial charge is 0.508 e. The number of carboxylic acids is 2. The van der Waals surface area contributed by atoms with Crippen molar-refractivity contribution in [2.75, 3.05) is 18.5 Å². The molecule has 0 fully saturated rings. The van der Waals surface area contributed by atoms with Crippen LogP contribution < -0.4 is 26.1 Å². The second kappa shape index (κ2) is 20.2. The first-order valence-corrected chi connectivity index (χ1v) is 21.4. The van der Waals surface area contributed by atoms with E-state index >= 15 is 0 Å². The predicted octanol–water partition coefficient (Wildman–Crippen LogP) is 9.37. The predicted molar refractivity (Wildman–Crippen MR) is 250 cm³/mol. The molecule has 0 spiro atoms. The monoisotopic (exact) mass is 949 g/mol. The number of carboxylic acid groups (broad SMARTS) is 2. The maximum atomic E-state index is 13.5. The topological polar surface area (TPSA) is 222 Å². The molecular weight excluding hydrogens is 913 g/mol. The highest BCUT2D eigenvalue weighted by atomic mass is 35.5. The van der Waals surface area contributed by atoms with Gasteiger partial charge >= 0.3 is 11.9 Å². The van der Waals surface area contributed by atoms with Crippen molar-refractivity contribution in [3.05, 3.63) is 168 Å². The summed E-state index contributed by atoms with van der Waals surface area (Å²) >= 11 is 18.9. The number of anilines is 1. The molecule has 6 N–H and O–H groups in total. The molecule has 1 heterocycles. The number of hydrogen-bond donors (Lipinski definition) is 6. The molecule has 14 nitrogen and oxygen atoms in total. The van der Waals surface area contributed by atoms with Crippen molar-refractivity contribution in [3.63, 3.8) is 0 Å². The maximum Gasteiger partial charge on any atom is 0.336 e. The van der Waals surface area contributed by atoms with Gasteiger partial charge in [0.1, 0.15) is 28.9 Å². The van der Waals surface area contributed by atoms with E-state index in [1.54, 1.807) is 61.5 Å². The van der Waals surface area contributed by atoms with Crippen LogP contribution in [0.25, 0.3) is 33.4 Å². The van der Waals surface area contributed by atoms with Crippen molar-refractivity contribution >= 4 is 81.1 Å². The fraction of sp³-hybridized carbons (Fsp3) is 0.143. The first-order valence-electron chi connectivity index (χ1n) is 20.3. The number of nitrogens with one attached hydrogen (secondary N) is 3. The Bertz CT molecular complexity index is 3060. The second-order valence-electron chi connectivity index (χ2n) is 14.9. The van der Waals surface area contributed by atoms with Crippen molar-refractivity contribution < 1.29 is 48.4 Å². The summed E-state index contributed by atoms with van der Waals surface area (Å²) in [5.74, 6) is -3.81. The van der Waals surface area contributed by atoms with Crippen molar-refractivity contribution in [2.45, 2.75) is 32.2 Å². The summed E-state index contributed by atoms with van der Waals surface area (Å²) in [6, 6.07) is 25.5. The normalized spacial score (nSPS) is 11.5. The molecule has 5 aromatic rings. The Morgan fingerprint density at radius 2 is 1.50 bits per heavy atom. The van der Waals surface area contributed by atoms with E-state index in [1.165, 1.54) is 54.6 Å². The molecule has 336 valence electrons. The lowest BCUT2D eigenvalue weighted by atomic mass is 9.89. The number of carbonyl (C=O) groups is 5. The van der Waals surface area contributed by atoms with Gasteiger partial charge in [-0.1, -0.05) is 59.9 Å². The highest BCUT2D eigenvalue weighted by Gasteiger charge is 2.26. The number of amides is 3. The lowest BCUT2D eigenvalue weighted by molar-refractivity contribution is -0.139. The molecule has 1 aliphatic heterocycles. The molecule has 0 bridgehead atoms. The zero-order valence-electron chi connectivity index (χ0n) is 34.7. The van der Waals surface area contributed by atoms with Crippen LogP contribution in [0.5, 0.6) is 11.5 Å². The van der Waals surface area contributed by atoms with Gasteiger partial charge in [0, 0.05) is 52.9 Å². The van der Waals surface area contributed by atoms with E-state index in [0.29, 0.717) is 51.9 Å². The van der Waals surface area contributed by atoms with E-state index in [1.807, 2.05) is 0 Å². The number of aromatic hydroxyl groups is 1. The highest BCUT2D eigenvalue weighted by molar-refractivity contribution is 6.40. The first kappa shape index (κ1) is 46.6. The number of halogens is 3. The van der Waals surface area contributed by atoms with Crippen LogP contribution >= 0.6 is 34.8 Å². The van der Waals surface area contributed by atoms with Crippen LogP contribution in [-0.4, -0.2) is 64.2 Å². The standard InChI is InChI=1S/C49H38Cl3N3O11/c1-2-26-20-31(24-38(52)42(26)46(59)55-39(49(63)64)19-25-7-10-28(11-8-25)54-47(60)44-36(50)5-3-6-37(44)51)65-18-4-17-53-45(58)27-9-14-32(48(61)62)35(21-27)43-33-15-12-29(56)22-40(33)66-41-23-30(57)13-16-34(41)43/h3,5-16,20-24,39,56H,2,4,17-19H2,1H3,(H,53,58)(H,54,60)(H,55,59)(H,61,62)(H,63,64)/t39-/m0/s1. The number of hydrogen-bond acceptors (Lipinski definition) is 9. The number of fused-ring (bicyclic) bond motifs is 2. The van der Waals surface area contributed by atoms with Crippen LogP contribution in [0.2, 0.25) is 15.1 Å². The molecule has 0 radical (unpaired) electrons. The molecule has 2 aliphatic rings. The SMILES string of the molecule is CCc1cc(OCCCNC(=O)c2ccc(C(=O)O)c(-c3c4ccc(=O)cc-4oc4cc(O)ccc34)c2)cc(Cl)c1C(=O)N[C@@H](Cc1ccc(NC(=O)c2c(Cl)cccc2Cl)cc1)C(=O)O. The Hall–Kier alpha value is -7.39. The Morgan fingerprint density at radius 3 is 2.20 bits per heavy atom. The molecule has 0 saturated heterocycles. The number of phenols is 1. The van der Waals surface area contributed by atoms with Gasteiger partial charge in [-0.15, -0.1) is 0 Å². The summed E-state index contributed by atoms with van der Waals surface area (Å²) in [6.07, 6.45) is 0.618. The molecule has 17 heteroatoms. The van der Waals surface area contributed by atoms with Crippen LogP contribution in [0.1, 0.15) is 65.9 Å². The maximum absolute atomic E-state index is 13.5. The lowest BCUT2D eigenvalue weighted by Gasteiger charge is -2.18. The van der Waals surface area contributed by atoms with Gasteiger partial charge in [0.05, 0.1) is 38.4 Å². The van der Waals surface area contributed by atoms with Gasteiger partial charge in [0.2, 0.25) is 0 Å². The smallest absolute Gasteiger partial charge is 0.336 e. The van der Waals surface area contributed by atoms with Gasteiger partial charge in [-0.3, -0.25) is 19.2 Å². The van der Waals surface area contributed by atoms with Gasteiger partial charge in [-0.2, -0.15) is 0 Å². The molecule has 0 saturated carbocycles. The summed E-state index contributed by atoms with van der Waals surface area (Å²) in [7, 11) is 0. The van der Waals surface area contributed by atoms with Gasteiger partial charge in [-0.05, 0) is 108 Å². The lowest BCUT2D eigenvalue weighted by Crippen LogP contribution is -2.42. The van der Waals surface area contributed by atoms with E-state index in [0.717, 1.165) is 0 Å². The summed E-state index contributed by atoms with van der Waals surface area (Å²) in [5.41, 5.74) is 2.64. The third-order valence-corrected chi connectivity index (χ3v) is 11.5. The molecule has 3 amide bonds. The number of aliphatic carboxylic acids is 1. The number of rotatable bonds is 16. The Kier molecular flexibility index (Phi) is 14.3. The van der Waals surface area contributed by atoms with E-state index in [9.17, 15) is 44.1 Å². The van der Waals surface area contributed by atoms with Crippen LogP contribution in [0.4, 0.5) is 5.69 Å². The first-order chi connectivity index (χ1) is 31.6. The van der Waals surface area contributed by atoms with Gasteiger partial charge in [0.25, 0.3) is 17.7 Å². The minimum atomic E-state index is -1.33. The summed E-state index contributed by atoms with van der Waals surface area (Å²) in [5, 5.41) is 39.2. The second-order valence-corrected chi connectivity index (χ2v) is 16.2. The molecular formula is C49H38Cl3N3O11. The summed E-state index contributed by atoms with van der Waals surface area (Å²) in [4.78, 5) is 76.7. The zero-order chi connectivity index (χ0) is 47.2. The molecule has 7 rings (SSSR count). The van der Waals surface area contributed by atoms with Gasteiger partial charge < -0.3 is 40.4 Å². The van der Waals surface area contributed by atoms with E-state index in [4.69, 9.17) is 44.0 Å². The Labute approximate surface area is 391 Å². The molecule has 1 atom stereocenters. The number of phenolic OH excluding ortho intramolecular Hbond substituents is 1. The van der Waals surface area contributed by atoms with Crippen LogP contribution in [0.15, 0.2) is 118 Å². The van der Waals surface area contributed by atoms with E-state index < -0.39 is 35.7 Å². The van der Waals surface area contributed by atoms with Gasteiger partial charge in [0.15, 0.2) is 5.43 Å². The minimum Gasteiger partial charge on any atom is -0.508 e. The van der Waals surface area contributed by atoms with Crippen LogP contribution in [0.3, 0.4) is 0 Å². The quantitative estimate of drug-likeness (QED) is 0.0396. The van der Waals surface area contributed by atoms with Crippen molar-refractivity contribution in [2.24, 2.45) is 0 Å². The van der Waals surface area contributed by atoms with Crippen molar-refractivity contribution in [1.29, 1.82) is 0 Å². The number of benzene rings is 6. The van der Waals surface area contributed by atoms with E-state index in [-0.39, 0.29) is 85.0 Å². The zero-order valence-corrected chi connectivity index (χ0v) is 37.0. The molecule has 0 aromatic heterocycles. The number of carbonyl (C=O) groups excluding carboxylic acids is 3. The number of aryl methyl sites for hydroxylation is 1. The molecule has 5 aromatic carbocycles.